The minimum Gasteiger partial charge on any atom is -0.481 e. The molecule has 96 valence electrons. The van der Waals surface area contributed by atoms with E-state index in [0.29, 0.717) is 11.4 Å². The van der Waals surface area contributed by atoms with Crippen molar-refractivity contribution in [1.29, 1.82) is 0 Å². The van der Waals surface area contributed by atoms with Gasteiger partial charge in [-0.2, -0.15) is 0 Å². The van der Waals surface area contributed by atoms with Gasteiger partial charge in [0.1, 0.15) is 0 Å². The van der Waals surface area contributed by atoms with E-state index in [0.717, 1.165) is 0 Å². The number of nitrogens with one attached hydrogen (secondary N) is 2. The van der Waals surface area contributed by atoms with Gasteiger partial charge in [-0.25, -0.2) is 4.79 Å². The van der Waals surface area contributed by atoms with Crippen LogP contribution >= 0.6 is 0 Å². The summed E-state index contributed by atoms with van der Waals surface area (Å²) in [5.74, 6) is -1.73. The molecule has 18 heavy (non-hydrogen) atoms. The molecule has 0 saturated carbocycles. The second-order valence-electron chi connectivity index (χ2n) is 3.53. The number of imide groups is 1. The number of carboxylic acid groups (broad SMARTS) is 1. The molecular formula is C11H13N3O4. The molecule has 0 atom stereocenters. The Bertz CT molecular complexity index is 473. The first-order valence-electron chi connectivity index (χ1n) is 5.23. The molecule has 0 spiro atoms. The quantitative estimate of drug-likeness (QED) is 0.736. The number of hydrogen-bond donors (Lipinski definition) is 3. The highest BCUT2D eigenvalue weighted by Gasteiger charge is 2.10. The number of carbonyl (C=O) groups is 3. The summed E-state index contributed by atoms with van der Waals surface area (Å²) in [4.78, 5) is 36.8. The molecule has 0 aliphatic heterocycles. The zero-order chi connectivity index (χ0) is 13.5. The molecule has 0 fully saturated rings. The van der Waals surface area contributed by atoms with Crippen LogP contribution in [0.5, 0.6) is 0 Å². The van der Waals surface area contributed by atoms with Gasteiger partial charge in [-0.3, -0.25) is 19.9 Å². The van der Waals surface area contributed by atoms with Crippen LogP contribution in [0.1, 0.15) is 18.5 Å². The first-order valence-corrected chi connectivity index (χ1v) is 5.23. The standard InChI is InChI=1S/C11H13N3O4/c1-7-8(3-2-6-12-7)13-11(18)14-9(15)4-5-10(16)17/h2-3,6H,4-5H2,1H3,(H,16,17)(H2,13,14,15,18). The van der Waals surface area contributed by atoms with E-state index in [1.807, 2.05) is 5.32 Å². The minimum absolute atomic E-state index is 0.241. The van der Waals surface area contributed by atoms with E-state index in [9.17, 15) is 14.4 Å². The summed E-state index contributed by atoms with van der Waals surface area (Å²) in [7, 11) is 0. The third-order valence-electron chi connectivity index (χ3n) is 2.07. The van der Waals surface area contributed by atoms with E-state index in [-0.39, 0.29) is 12.8 Å². The molecule has 3 amide bonds. The fraction of sp³-hybridized carbons (Fsp3) is 0.273. The Morgan fingerprint density at radius 3 is 2.67 bits per heavy atom. The monoisotopic (exact) mass is 251 g/mol. The Hall–Kier alpha value is -2.44. The maximum Gasteiger partial charge on any atom is 0.325 e. The van der Waals surface area contributed by atoms with Crippen LogP contribution in [0.4, 0.5) is 10.5 Å². The Morgan fingerprint density at radius 2 is 2.06 bits per heavy atom. The van der Waals surface area contributed by atoms with E-state index in [4.69, 9.17) is 5.11 Å². The number of aliphatic carboxylic acids is 1. The van der Waals surface area contributed by atoms with Crippen molar-refractivity contribution in [2.24, 2.45) is 0 Å². The molecule has 0 saturated heterocycles. The van der Waals surface area contributed by atoms with Gasteiger partial charge in [-0.1, -0.05) is 0 Å². The number of anilines is 1. The van der Waals surface area contributed by atoms with Gasteiger partial charge in [0.2, 0.25) is 5.91 Å². The third kappa shape index (κ3) is 4.60. The summed E-state index contributed by atoms with van der Waals surface area (Å²) in [6, 6.07) is 2.58. The zero-order valence-corrected chi connectivity index (χ0v) is 9.77. The zero-order valence-electron chi connectivity index (χ0n) is 9.77. The van der Waals surface area contributed by atoms with Crippen LogP contribution in [0.3, 0.4) is 0 Å². The Labute approximate surface area is 103 Å². The second kappa shape index (κ2) is 6.33. The summed E-state index contributed by atoms with van der Waals surface area (Å²) < 4.78 is 0. The highest BCUT2D eigenvalue weighted by molar-refractivity contribution is 6.01. The van der Waals surface area contributed by atoms with Crippen molar-refractivity contribution in [3.8, 4) is 0 Å². The normalized spacial score (nSPS) is 9.61. The maximum absolute atomic E-state index is 11.4. The van der Waals surface area contributed by atoms with E-state index in [1.54, 1.807) is 25.3 Å². The van der Waals surface area contributed by atoms with E-state index in [2.05, 4.69) is 10.3 Å². The number of amides is 3. The van der Waals surface area contributed by atoms with Crippen LogP contribution in [-0.2, 0) is 9.59 Å². The minimum atomic E-state index is -1.09. The number of urea groups is 1. The van der Waals surface area contributed by atoms with E-state index >= 15 is 0 Å². The number of hydrogen-bond acceptors (Lipinski definition) is 4. The largest absolute Gasteiger partial charge is 0.481 e. The van der Waals surface area contributed by atoms with Gasteiger partial charge in [0.15, 0.2) is 0 Å². The summed E-state index contributed by atoms with van der Waals surface area (Å²) in [6.45, 7) is 1.71. The van der Waals surface area contributed by atoms with Crippen molar-refractivity contribution >= 4 is 23.6 Å². The van der Waals surface area contributed by atoms with Crippen LogP contribution < -0.4 is 10.6 Å². The van der Waals surface area contributed by atoms with Crippen LogP contribution in [0.15, 0.2) is 18.3 Å². The van der Waals surface area contributed by atoms with Gasteiger partial charge < -0.3 is 10.4 Å². The summed E-state index contributed by atoms with van der Waals surface area (Å²) in [5.41, 5.74) is 1.10. The maximum atomic E-state index is 11.4. The molecule has 1 aromatic heterocycles. The average Bonchev–Trinajstić information content (AvgIpc) is 2.29. The molecule has 0 radical (unpaired) electrons. The molecule has 0 aliphatic carbocycles. The van der Waals surface area contributed by atoms with Crippen molar-refractivity contribution in [2.75, 3.05) is 5.32 Å². The Kier molecular flexibility index (Phi) is 4.79. The van der Waals surface area contributed by atoms with E-state index in [1.165, 1.54) is 0 Å². The fourth-order valence-electron chi connectivity index (χ4n) is 1.18. The molecule has 3 N–H and O–H groups in total. The molecule has 0 unspecified atom stereocenters. The first kappa shape index (κ1) is 13.6. The highest BCUT2D eigenvalue weighted by atomic mass is 16.4. The first-order chi connectivity index (χ1) is 8.49. The topological polar surface area (TPSA) is 108 Å². The van der Waals surface area contributed by atoms with Gasteiger partial charge in [0.25, 0.3) is 0 Å². The van der Waals surface area contributed by atoms with Crippen molar-refractivity contribution in [1.82, 2.24) is 10.3 Å². The second-order valence-corrected chi connectivity index (χ2v) is 3.53. The number of carbonyl (C=O) groups excluding carboxylic acids is 2. The number of aryl methyl sites for hydroxylation is 1. The summed E-state index contributed by atoms with van der Waals surface area (Å²) in [5, 5.41) is 12.9. The van der Waals surface area contributed by atoms with Gasteiger partial charge >= 0.3 is 12.0 Å². The molecule has 1 rings (SSSR count). The molecule has 7 nitrogen and oxygen atoms in total. The van der Waals surface area contributed by atoms with Gasteiger partial charge in [-0.15, -0.1) is 0 Å². The highest BCUT2D eigenvalue weighted by Crippen LogP contribution is 2.09. The van der Waals surface area contributed by atoms with Crippen LogP contribution in [0, 0.1) is 6.92 Å². The van der Waals surface area contributed by atoms with E-state index < -0.39 is 17.9 Å². The summed E-state index contributed by atoms with van der Waals surface area (Å²) >= 11 is 0. The average molecular weight is 251 g/mol. The predicted molar refractivity (Wildman–Crippen MR) is 63.0 cm³/mol. The number of carboxylic acids is 1. The molecule has 0 aliphatic rings. The number of aromatic nitrogens is 1. The summed E-state index contributed by atoms with van der Waals surface area (Å²) in [6.07, 6.45) is 1.02. The molecule has 1 heterocycles. The van der Waals surface area contributed by atoms with Gasteiger partial charge in [0, 0.05) is 12.6 Å². The molecule has 0 bridgehead atoms. The molecule has 1 aromatic rings. The third-order valence-corrected chi connectivity index (χ3v) is 2.07. The predicted octanol–water partition coefficient (Wildman–Crippen LogP) is 0.903. The number of nitrogens with zero attached hydrogens (tertiary/aromatic N) is 1. The van der Waals surface area contributed by atoms with Crippen LogP contribution in [0.25, 0.3) is 0 Å². The van der Waals surface area contributed by atoms with Gasteiger partial charge in [-0.05, 0) is 19.1 Å². The lowest BCUT2D eigenvalue weighted by Gasteiger charge is -2.07. The van der Waals surface area contributed by atoms with Crippen LogP contribution in [0.2, 0.25) is 0 Å². The van der Waals surface area contributed by atoms with Crippen molar-refractivity contribution in [3.63, 3.8) is 0 Å². The lowest BCUT2D eigenvalue weighted by Crippen LogP contribution is -2.34. The number of pyridine rings is 1. The van der Waals surface area contributed by atoms with Crippen molar-refractivity contribution in [2.45, 2.75) is 19.8 Å². The lowest BCUT2D eigenvalue weighted by molar-refractivity contribution is -0.138. The lowest BCUT2D eigenvalue weighted by atomic mass is 10.3. The van der Waals surface area contributed by atoms with Crippen molar-refractivity contribution in [3.05, 3.63) is 24.0 Å². The SMILES string of the molecule is Cc1ncccc1NC(=O)NC(=O)CCC(=O)O. The Balaban J connectivity index is 2.45. The molecule has 7 heteroatoms. The smallest absolute Gasteiger partial charge is 0.325 e. The van der Waals surface area contributed by atoms with Gasteiger partial charge in [0.05, 0.1) is 17.8 Å². The number of rotatable bonds is 4. The Morgan fingerprint density at radius 1 is 1.33 bits per heavy atom. The van der Waals surface area contributed by atoms with Crippen LogP contribution in [-0.4, -0.2) is 28.0 Å². The fourth-order valence-corrected chi connectivity index (χ4v) is 1.18. The molecule has 0 aromatic carbocycles. The molecular weight excluding hydrogens is 238 g/mol. The van der Waals surface area contributed by atoms with Crippen molar-refractivity contribution < 1.29 is 19.5 Å².